The third-order valence-electron chi connectivity index (χ3n) is 8.01. The largest absolute Gasteiger partial charge is 0.342 e. The van der Waals surface area contributed by atoms with E-state index >= 15 is 0 Å². The summed E-state index contributed by atoms with van der Waals surface area (Å²) in [6.45, 7) is 4.04. The minimum atomic E-state index is -0.821. The lowest BCUT2D eigenvalue weighted by molar-refractivity contribution is -0.155. The van der Waals surface area contributed by atoms with Crippen molar-refractivity contribution in [3.8, 4) is 6.07 Å². The van der Waals surface area contributed by atoms with Gasteiger partial charge in [-0.3, -0.25) is 0 Å². The van der Waals surface area contributed by atoms with Crippen LogP contribution in [0.25, 0.3) is 0 Å². The molecule has 1 aliphatic carbocycles. The highest BCUT2D eigenvalue weighted by atomic mass is 19.1. The van der Waals surface area contributed by atoms with Crippen LogP contribution in [0.5, 0.6) is 0 Å². The molecule has 2 amide bonds. The summed E-state index contributed by atoms with van der Waals surface area (Å²) in [6.07, 6.45) is 0.569. The van der Waals surface area contributed by atoms with Gasteiger partial charge in [-0.05, 0) is 55.5 Å². The first kappa shape index (κ1) is 24.6. The van der Waals surface area contributed by atoms with Crippen molar-refractivity contribution in [1.29, 1.82) is 5.26 Å². The molecule has 3 aromatic rings. The van der Waals surface area contributed by atoms with Gasteiger partial charge in [-0.2, -0.15) is 5.26 Å². The third-order valence-corrected chi connectivity index (χ3v) is 8.01. The van der Waals surface area contributed by atoms with Crippen LogP contribution in [-0.4, -0.2) is 40.5 Å². The molecular formula is C31H30FN3O3. The van der Waals surface area contributed by atoms with Gasteiger partial charge in [0.2, 0.25) is 0 Å². The minimum absolute atomic E-state index is 0.0420. The molecule has 0 aromatic heterocycles. The Kier molecular flexibility index (Phi) is 5.97. The number of amides is 2. The summed E-state index contributed by atoms with van der Waals surface area (Å²) >= 11 is 0. The molecule has 0 radical (unpaired) electrons. The number of nitriles is 1. The second-order valence-electron chi connectivity index (χ2n) is 11.0. The number of benzene rings is 3. The fourth-order valence-corrected chi connectivity index (χ4v) is 6.19. The molecule has 3 aliphatic rings. The molecule has 1 N–H and O–H groups in total. The maximum absolute atomic E-state index is 14.1. The van der Waals surface area contributed by atoms with Gasteiger partial charge in [0.1, 0.15) is 24.1 Å². The van der Waals surface area contributed by atoms with Crippen molar-refractivity contribution in [2.45, 2.75) is 68.7 Å². The van der Waals surface area contributed by atoms with Gasteiger partial charge >= 0.3 is 6.03 Å². The van der Waals surface area contributed by atoms with Crippen molar-refractivity contribution in [3.05, 3.63) is 107 Å². The molecule has 1 spiro atoms. The zero-order valence-corrected chi connectivity index (χ0v) is 21.4. The summed E-state index contributed by atoms with van der Waals surface area (Å²) in [4.78, 5) is 15.8. The quantitative estimate of drug-likeness (QED) is 0.506. The van der Waals surface area contributed by atoms with E-state index in [1.54, 1.807) is 11.0 Å². The zero-order valence-electron chi connectivity index (χ0n) is 21.4. The van der Waals surface area contributed by atoms with Crippen molar-refractivity contribution in [1.82, 2.24) is 10.2 Å². The second kappa shape index (κ2) is 9.23. The zero-order chi connectivity index (χ0) is 26.5. The molecule has 0 bridgehead atoms. The number of hydrogen-bond donors (Lipinski definition) is 1. The summed E-state index contributed by atoms with van der Waals surface area (Å²) in [5.41, 5.74) is 2.27. The Labute approximate surface area is 222 Å². The Morgan fingerprint density at radius 1 is 1.03 bits per heavy atom. The Morgan fingerprint density at radius 3 is 2.45 bits per heavy atom. The van der Waals surface area contributed by atoms with Crippen molar-refractivity contribution in [2.75, 3.05) is 0 Å². The molecular weight excluding hydrogens is 481 g/mol. The van der Waals surface area contributed by atoms with E-state index in [-0.39, 0.29) is 36.2 Å². The number of carbonyl (C=O) groups is 1. The average Bonchev–Trinajstić information content (AvgIpc) is 3.56. The van der Waals surface area contributed by atoms with Gasteiger partial charge in [-0.15, -0.1) is 0 Å². The van der Waals surface area contributed by atoms with E-state index in [0.29, 0.717) is 12.0 Å². The van der Waals surface area contributed by atoms with Crippen LogP contribution in [-0.2, 0) is 22.4 Å². The van der Waals surface area contributed by atoms with E-state index in [4.69, 9.17) is 9.47 Å². The summed E-state index contributed by atoms with van der Waals surface area (Å²) < 4.78 is 27.2. The molecule has 2 saturated heterocycles. The normalized spacial score (nSPS) is 29.3. The molecule has 6 nitrogen and oxygen atoms in total. The highest BCUT2D eigenvalue weighted by Crippen LogP contribution is 2.59. The van der Waals surface area contributed by atoms with Gasteiger partial charge in [0.15, 0.2) is 5.79 Å². The van der Waals surface area contributed by atoms with Crippen LogP contribution in [0.2, 0.25) is 0 Å². The Hall–Kier alpha value is -3.73. The van der Waals surface area contributed by atoms with Crippen LogP contribution in [0.1, 0.15) is 48.4 Å². The van der Waals surface area contributed by atoms with Gasteiger partial charge in [-0.1, -0.05) is 66.7 Å². The van der Waals surface area contributed by atoms with Crippen LogP contribution in [0.15, 0.2) is 78.9 Å². The van der Waals surface area contributed by atoms with Crippen LogP contribution < -0.4 is 5.32 Å². The minimum Gasteiger partial charge on any atom is -0.342 e. The van der Waals surface area contributed by atoms with Crippen LogP contribution in [0, 0.1) is 17.1 Å². The number of rotatable bonds is 5. The monoisotopic (exact) mass is 511 g/mol. The smallest absolute Gasteiger partial charge is 0.318 e. The number of hydrogen-bond acceptors (Lipinski definition) is 4. The van der Waals surface area contributed by atoms with Crippen LogP contribution in [0.4, 0.5) is 9.18 Å². The lowest BCUT2D eigenvalue weighted by Gasteiger charge is -2.34. The third kappa shape index (κ3) is 4.34. The maximum atomic E-state index is 14.1. The van der Waals surface area contributed by atoms with E-state index < -0.39 is 23.2 Å². The van der Waals surface area contributed by atoms with Crippen molar-refractivity contribution in [3.63, 3.8) is 0 Å². The second-order valence-corrected chi connectivity index (χ2v) is 11.0. The van der Waals surface area contributed by atoms with Gasteiger partial charge in [0, 0.05) is 12.5 Å². The molecule has 194 valence electrons. The van der Waals surface area contributed by atoms with E-state index in [1.165, 1.54) is 12.1 Å². The van der Waals surface area contributed by atoms with Crippen molar-refractivity contribution in [2.24, 2.45) is 0 Å². The predicted molar refractivity (Wildman–Crippen MR) is 139 cm³/mol. The van der Waals surface area contributed by atoms with E-state index in [2.05, 4.69) is 17.4 Å². The number of carbonyl (C=O) groups excluding carboxylic acids is 1. The summed E-state index contributed by atoms with van der Waals surface area (Å²) in [6, 6.07) is 26.0. The first-order valence-corrected chi connectivity index (χ1v) is 13.0. The van der Waals surface area contributed by atoms with Crippen molar-refractivity contribution >= 4 is 6.03 Å². The number of nitrogens with one attached hydrogen (secondary N) is 1. The number of ether oxygens (including phenoxy) is 2. The molecule has 2 aliphatic heterocycles. The number of nitrogens with zero attached hydrogens (tertiary/aromatic N) is 2. The number of fused-ring (bicyclic) bond motifs is 2. The Balaban J connectivity index is 1.42. The number of halogens is 1. The maximum Gasteiger partial charge on any atom is 0.318 e. The molecule has 3 fully saturated rings. The SMILES string of the molecule is CC1(C)O[C@H]2[C@@H](Cc3ccccc3)N(Cc3ccc(F)c(C#N)c3)C(=O)NC3(CC3c3ccccc3)[C@@H]2O1. The molecule has 2 unspecified atom stereocenters. The molecule has 3 aromatic carbocycles. The van der Waals surface area contributed by atoms with Crippen molar-refractivity contribution < 1.29 is 18.7 Å². The first-order valence-electron chi connectivity index (χ1n) is 13.0. The van der Waals surface area contributed by atoms with Gasteiger partial charge < -0.3 is 19.7 Å². The Bertz CT molecular complexity index is 1390. The fraction of sp³-hybridized carbons (Fsp3) is 0.355. The summed E-state index contributed by atoms with van der Waals surface area (Å²) in [5.74, 6) is -1.29. The average molecular weight is 512 g/mol. The first-order chi connectivity index (χ1) is 18.3. The lowest BCUT2D eigenvalue weighted by Crippen LogP contribution is -2.50. The fourth-order valence-electron chi connectivity index (χ4n) is 6.19. The summed E-state index contributed by atoms with van der Waals surface area (Å²) in [7, 11) is 0. The van der Waals surface area contributed by atoms with Gasteiger partial charge in [0.05, 0.1) is 17.1 Å². The van der Waals surface area contributed by atoms with E-state index in [0.717, 1.165) is 17.5 Å². The molecule has 38 heavy (non-hydrogen) atoms. The Morgan fingerprint density at radius 2 is 1.74 bits per heavy atom. The molecule has 7 heteroatoms. The molecule has 6 rings (SSSR count). The standard InChI is InChI=1S/C31H30FN3O3/c1-30(2)37-27-26(16-20-9-5-3-6-10-20)35(19-21-13-14-25(32)23(15-21)18-33)29(36)34-31(28(27)38-30)17-24(31)22-11-7-4-8-12-22/h3-15,24,26-28H,16-17,19H2,1-2H3,(H,34,36)/t24?,26-,27+,28-,31?/m1/s1. The van der Waals surface area contributed by atoms with E-state index in [1.807, 2.05) is 68.4 Å². The summed E-state index contributed by atoms with van der Waals surface area (Å²) in [5, 5.41) is 12.7. The number of urea groups is 1. The van der Waals surface area contributed by atoms with E-state index in [9.17, 15) is 14.4 Å². The highest BCUT2D eigenvalue weighted by Gasteiger charge is 2.69. The van der Waals surface area contributed by atoms with Gasteiger partial charge in [-0.25, -0.2) is 9.18 Å². The lowest BCUT2D eigenvalue weighted by atomic mass is 9.91. The topological polar surface area (TPSA) is 74.6 Å². The van der Waals surface area contributed by atoms with Crippen LogP contribution in [0.3, 0.4) is 0 Å². The predicted octanol–water partition coefficient (Wildman–Crippen LogP) is 5.28. The van der Waals surface area contributed by atoms with Crippen LogP contribution >= 0.6 is 0 Å². The highest BCUT2D eigenvalue weighted by molar-refractivity contribution is 5.78. The molecule has 5 atom stereocenters. The molecule has 2 heterocycles. The molecule has 1 saturated carbocycles. The van der Waals surface area contributed by atoms with Gasteiger partial charge in [0.25, 0.3) is 0 Å².